The maximum absolute atomic E-state index is 3.45. The first-order valence-corrected chi connectivity index (χ1v) is 7.84. The standard InChI is InChI=1S/C17H28N2/c1-4-16(18-3)15-12-8-9-13-17(15)19(5-2)14-10-6-7-11-14/h8-9,12-14,16,18H,4-7,10-11H2,1-3H3. The second kappa shape index (κ2) is 6.95. The average Bonchev–Trinajstić information content (AvgIpc) is 2.97. The molecule has 0 spiro atoms. The molecule has 1 aliphatic carbocycles. The van der Waals surface area contributed by atoms with E-state index in [1.54, 1.807) is 0 Å². The van der Waals surface area contributed by atoms with Crippen molar-refractivity contribution in [3.8, 4) is 0 Å². The minimum absolute atomic E-state index is 0.464. The Morgan fingerprint density at radius 1 is 1.21 bits per heavy atom. The van der Waals surface area contributed by atoms with Gasteiger partial charge in [0.1, 0.15) is 0 Å². The Kier molecular flexibility index (Phi) is 5.26. The van der Waals surface area contributed by atoms with Crippen LogP contribution in [0.3, 0.4) is 0 Å². The molecule has 106 valence electrons. The molecule has 1 aromatic carbocycles. The Bertz CT molecular complexity index is 379. The fourth-order valence-corrected chi connectivity index (χ4v) is 3.46. The molecular weight excluding hydrogens is 232 g/mol. The smallest absolute Gasteiger partial charge is 0.0417 e. The van der Waals surface area contributed by atoms with E-state index in [1.807, 2.05) is 0 Å². The van der Waals surface area contributed by atoms with Crippen LogP contribution in [0.25, 0.3) is 0 Å². The van der Waals surface area contributed by atoms with Gasteiger partial charge < -0.3 is 10.2 Å². The van der Waals surface area contributed by atoms with E-state index in [4.69, 9.17) is 0 Å². The third-order valence-corrected chi connectivity index (χ3v) is 4.48. The number of benzene rings is 1. The lowest BCUT2D eigenvalue weighted by Crippen LogP contribution is -2.34. The van der Waals surface area contributed by atoms with E-state index >= 15 is 0 Å². The van der Waals surface area contributed by atoms with Gasteiger partial charge in [0, 0.05) is 24.3 Å². The Balaban J connectivity index is 2.30. The minimum atomic E-state index is 0.464. The normalized spacial score (nSPS) is 17.6. The first kappa shape index (κ1) is 14.4. The van der Waals surface area contributed by atoms with Gasteiger partial charge >= 0.3 is 0 Å². The quantitative estimate of drug-likeness (QED) is 0.827. The van der Waals surface area contributed by atoms with E-state index in [1.165, 1.54) is 36.9 Å². The number of nitrogens with zero attached hydrogens (tertiary/aromatic N) is 1. The molecule has 2 rings (SSSR count). The summed E-state index contributed by atoms with van der Waals surface area (Å²) in [6.07, 6.45) is 6.64. The van der Waals surface area contributed by atoms with Crippen molar-refractivity contribution in [1.29, 1.82) is 0 Å². The van der Waals surface area contributed by atoms with Gasteiger partial charge in [-0.1, -0.05) is 38.0 Å². The van der Waals surface area contributed by atoms with Crippen molar-refractivity contribution in [3.63, 3.8) is 0 Å². The van der Waals surface area contributed by atoms with Crippen LogP contribution in [0.5, 0.6) is 0 Å². The van der Waals surface area contributed by atoms with Crippen LogP contribution in [0.15, 0.2) is 24.3 Å². The summed E-state index contributed by atoms with van der Waals surface area (Å²) in [5.41, 5.74) is 2.90. The number of anilines is 1. The van der Waals surface area contributed by atoms with Gasteiger partial charge in [0.15, 0.2) is 0 Å². The van der Waals surface area contributed by atoms with Gasteiger partial charge in [0.2, 0.25) is 0 Å². The van der Waals surface area contributed by atoms with Crippen LogP contribution >= 0.6 is 0 Å². The maximum Gasteiger partial charge on any atom is 0.0417 e. The lowest BCUT2D eigenvalue weighted by Gasteiger charge is -2.33. The Labute approximate surface area is 118 Å². The van der Waals surface area contributed by atoms with E-state index in [2.05, 4.69) is 55.4 Å². The highest BCUT2D eigenvalue weighted by Gasteiger charge is 2.24. The number of hydrogen-bond donors (Lipinski definition) is 1. The third kappa shape index (κ3) is 3.11. The number of rotatable bonds is 6. The van der Waals surface area contributed by atoms with E-state index in [0.717, 1.165) is 19.0 Å². The van der Waals surface area contributed by atoms with E-state index in [9.17, 15) is 0 Å². The zero-order valence-electron chi connectivity index (χ0n) is 12.7. The molecule has 1 N–H and O–H groups in total. The predicted molar refractivity (Wildman–Crippen MR) is 83.8 cm³/mol. The van der Waals surface area contributed by atoms with Crippen molar-refractivity contribution in [1.82, 2.24) is 5.32 Å². The Morgan fingerprint density at radius 3 is 2.47 bits per heavy atom. The fraction of sp³-hybridized carbons (Fsp3) is 0.647. The first-order chi connectivity index (χ1) is 9.31. The van der Waals surface area contributed by atoms with E-state index in [-0.39, 0.29) is 0 Å². The molecule has 0 amide bonds. The van der Waals surface area contributed by atoms with Crippen LogP contribution in [0.2, 0.25) is 0 Å². The molecule has 1 atom stereocenters. The molecule has 1 saturated carbocycles. The SMILES string of the molecule is CCC(NC)c1ccccc1N(CC)C1CCCC1. The molecule has 0 bridgehead atoms. The lowest BCUT2D eigenvalue weighted by molar-refractivity contribution is 0.564. The van der Waals surface area contributed by atoms with Gasteiger partial charge in [0.25, 0.3) is 0 Å². The molecule has 2 heteroatoms. The van der Waals surface area contributed by atoms with Crippen LogP contribution in [0.4, 0.5) is 5.69 Å². The molecule has 1 aromatic rings. The molecule has 2 nitrogen and oxygen atoms in total. The van der Waals surface area contributed by atoms with Crippen LogP contribution < -0.4 is 10.2 Å². The number of nitrogens with one attached hydrogen (secondary N) is 1. The van der Waals surface area contributed by atoms with Crippen LogP contribution in [-0.2, 0) is 0 Å². The minimum Gasteiger partial charge on any atom is -0.369 e. The molecule has 0 aliphatic heterocycles. The highest BCUT2D eigenvalue weighted by molar-refractivity contribution is 5.56. The number of para-hydroxylation sites is 1. The average molecular weight is 260 g/mol. The maximum atomic E-state index is 3.45. The van der Waals surface area contributed by atoms with Crippen LogP contribution in [0.1, 0.15) is 57.6 Å². The zero-order chi connectivity index (χ0) is 13.7. The predicted octanol–water partition coefficient (Wildman–Crippen LogP) is 4.13. The summed E-state index contributed by atoms with van der Waals surface area (Å²) in [7, 11) is 2.07. The monoisotopic (exact) mass is 260 g/mol. The van der Waals surface area contributed by atoms with Crippen molar-refractivity contribution in [2.24, 2.45) is 0 Å². The van der Waals surface area contributed by atoms with Gasteiger partial charge in [-0.05, 0) is 44.9 Å². The third-order valence-electron chi connectivity index (χ3n) is 4.48. The summed E-state index contributed by atoms with van der Waals surface area (Å²) in [6, 6.07) is 10.2. The summed E-state index contributed by atoms with van der Waals surface area (Å²) >= 11 is 0. The molecule has 0 heterocycles. The summed E-state index contributed by atoms with van der Waals surface area (Å²) in [5.74, 6) is 0. The summed E-state index contributed by atoms with van der Waals surface area (Å²) in [5, 5.41) is 3.45. The van der Waals surface area contributed by atoms with Gasteiger partial charge in [-0.15, -0.1) is 0 Å². The largest absolute Gasteiger partial charge is 0.369 e. The Morgan fingerprint density at radius 2 is 1.89 bits per heavy atom. The van der Waals surface area contributed by atoms with Gasteiger partial charge in [0.05, 0.1) is 0 Å². The zero-order valence-corrected chi connectivity index (χ0v) is 12.7. The fourth-order valence-electron chi connectivity index (χ4n) is 3.46. The van der Waals surface area contributed by atoms with Crippen LogP contribution in [0, 0.1) is 0 Å². The molecule has 0 radical (unpaired) electrons. The summed E-state index contributed by atoms with van der Waals surface area (Å²) in [6.45, 7) is 5.65. The molecular formula is C17H28N2. The summed E-state index contributed by atoms with van der Waals surface area (Å²) < 4.78 is 0. The van der Waals surface area contributed by atoms with Crippen molar-refractivity contribution in [2.75, 3.05) is 18.5 Å². The molecule has 1 fully saturated rings. The highest BCUT2D eigenvalue weighted by atomic mass is 15.2. The topological polar surface area (TPSA) is 15.3 Å². The van der Waals surface area contributed by atoms with Crippen molar-refractivity contribution in [3.05, 3.63) is 29.8 Å². The second-order valence-electron chi connectivity index (χ2n) is 5.53. The first-order valence-electron chi connectivity index (χ1n) is 7.84. The Hall–Kier alpha value is -1.02. The molecule has 1 aliphatic rings. The number of hydrogen-bond acceptors (Lipinski definition) is 2. The molecule has 19 heavy (non-hydrogen) atoms. The highest BCUT2D eigenvalue weighted by Crippen LogP contribution is 2.33. The molecule has 0 aromatic heterocycles. The molecule has 1 unspecified atom stereocenters. The molecule has 0 saturated heterocycles. The van der Waals surface area contributed by atoms with E-state index < -0.39 is 0 Å². The van der Waals surface area contributed by atoms with Crippen LogP contribution in [-0.4, -0.2) is 19.6 Å². The van der Waals surface area contributed by atoms with E-state index in [0.29, 0.717) is 6.04 Å². The van der Waals surface area contributed by atoms with Crippen molar-refractivity contribution >= 4 is 5.69 Å². The second-order valence-corrected chi connectivity index (χ2v) is 5.53. The van der Waals surface area contributed by atoms with Crippen molar-refractivity contribution < 1.29 is 0 Å². The van der Waals surface area contributed by atoms with Gasteiger partial charge in [-0.3, -0.25) is 0 Å². The lowest BCUT2D eigenvalue weighted by atomic mass is 10.0. The van der Waals surface area contributed by atoms with Gasteiger partial charge in [-0.2, -0.15) is 0 Å². The van der Waals surface area contributed by atoms with Gasteiger partial charge in [-0.25, -0.2) is 0 Å². The van der Waals surface area contributed by atoms with Crippen molar-refractivity contribution in [2.45, 2.75) is 58.0 Å². The summed E-state index contributed by atoms with van der Waals surface area (Å²) in [4.78, 5) is 2.63.